The number of hydrogen-bond donors (Lipinski definition) is 0. The Labute approximate surface area is 77.9 Å². The predicted octanol–water partition coefficient (Wildman–Crippen LogP) is 1.75. The fraction of sp³-hybridized carbons (Fsp3) is 1.00. The molecule has 0 bridgehead atoms. The molecule has 0 saturated carbocycles. The highest BCUT2D eigenvalue weighted by Gasteiger charge is 2.37. The Balaban J connectivity index is 2.65. The van der Waals surface area contributed by atoms with E-state index in [1.54, 1.807) is 4.90 Å². The van der Waals surface area contributed by atoms with Gasteiger partial charge in [0.05, 0.1) is 13.2 Å². The molecule has 0 aliphatic carbocycles. The normalized spacial score (nSPS) is 25.6. The predicted molar refractivity (Wildman–Crippen MR) is 47.1 cm³/mol. The molecule has 2 nitrogen and oxygen atoms in total. The van der Waals surface area contributed by atoms with Crippen molar-refractivity contribution in [2.45, 2.75) is 32.2 Å². The zero-order valence-corrected chi connectivity index (χ0v) is 8.44. The topological polar surface area (TPSA) is 12.5 Å². The Morgan fingerprint density at radius 2 is 1.92 bits per heavy atom. The van der Waals surface area contributed by atoms with Gasteiger partial charge in [0.25, 0.3) is 5.92 Å². The lowest BCUT2D eigenvalue weighted by molar-refractivity contribution is -0.0757. The summed E-state index contributed by atoms with van der Waals surface area (Å²) < 4.78 is 31.0. The second kappa shape index (κ2) is 3.50. The third-order valence-corrected chi connectivity index (χ3v) is 2.19. The van der Waals surface area contributed by atoms with Gasteiger partial charge in [-0.1, -0.05) is 0 Å². The molecule has 1 rings (SSSR count). The summed E-state index contributed by atoms with van der Waals surface area (Å²) in [6, 6.07) is 0. The minimum absolute atomic E-state index is 0.198. The van der Waals surface area contributed by atoms with Crippen molar-refractivity contribution in [3.8, 4) is 0 Å². The Hall–Kier alpha value is -0.220. The monoisotopic (exact) mass is 193 g/mol. The van der Waals surface area contributed by atoms with Gasteiger partial charge in [-0.3, -0.25) is 4.90 Å². The highest BCUT2D eigenvalue weighted by atomic mass is 19.3. The minimum atomic E-state index is -2.70. The maximum Gasteiger partial charge on any atom is 0.283 e. The largest absolute Gasteiger partial charge is 0.374 e. The van der Waals surface area contributed by atoms with Crippen LogP contribution in [-0.4, -0.2) is 42.7 Å². The molecule has 78 valence electrons. The smallest absolute Gasteiger partial charge is 0.283 e. The van der Waals surface area contributed by atoms with Gasteiger partial charge in [-0.25, -0.2) is 8.78 Å². The Kier molecular flexibility index (Phi) is 2.92. The third-order valence-electron chi connectivity index (χ3n) is 2.19. The molecular formula is C9H17F2NO. The number of ether oxygens (including phenoxy) is 1. The Morgan fingerprint density at radius 3 is 2.46 bits per heavy atom. The van der Waals surface area contributed by atoms with E-state index in [1.165, 1.54) is 0 Å². The van der Waals surface area contributed by atoms with Crippen LogP contribution < -0.4 is 0 Å². The van der Waals surface area contributed by atoms with Crippen molar-refractivity contribution in [2.75, 3.05) is 26.3 Å². The van der Waals surface area contributed by atoms with E-state index in [2.05, 4.69) is 0 Å². The Morgan fingerprint density at radius 1 is 1.31 bits per heavy atom. The first-order valence-electron chi connectivity index (χ1n) is 4.52. The molecule has 1 aliphatic rings. The zero-order valence-electron chi connectivity index (χ0n) is 8.44. The van der Waals surface area contributed by atoms with E-state index in [4.69, 9.17) is 4.74 Å². The molecule has 0 atom stereocenters. The molecule has 0 aromatic heterocycles. The van der Waals surface area contributed by atoms with Crippen LogP contribution in [0.1, 0.15) is 20.8 Å². The van der Waals surface area contributed by atoms with Crippen LogP contribution in [0.25, 0.3) is 0 Å². The van der Waals surface area contributed by atoms with E-state index in [0.717, 1.165) is 0 Å². The van der Waals surface area contributed by atoms with Crippen LogP contribution in [0.3, 0.4) is 0 Å². The third kappa shape index (κ3) is 3.19. The van der Waals surface area contributed by atoms with Crippen molar-refractivity contribution in [3.05, 3.63) is 0 Å². The van der Waals surface area contributed by atoms with Gasteiger partial charge in [-0.15, -0.1) is 0 Å². The molecule has 0 radical (unpaired) electrons. The van der Waals surface area contributed by atoms with Crippen molar-refractivity contribution in [3.63, 3.8) is 0 Å². The maximum atomic E-state index is 13.1. The van der Waals surface area contributed by atoms with Crippen molar-refractivity contribution >= 4 is 0 Å². The molecule has 0 aromatic carbocycles. The van der Waals surface area contributed by atoms with Crippen LogP contribution >= 0.6 is 0 Å². The summed E-state index contributed by atoms with van der Waals surface area (Å²) in [6.07, 6.45) is 0. The summed E-state index contributed by atoms with van der Waals surface area (Å²) in [5.74, 6) is -2.70. The fourth-order valence-corrected chi connectivity index (χ4v) is 1.37. The molecule has 1 heterocycles. The number of halogens is 2. The molecule has 1 saturated heterocycles. The van der Waals surface area contributed by atoms with Gasteiger partial charge in [0.1, 0.15) is 6.61 Å². The van der Waals surface area contributed by atoms with Crippen molar-refractivity contribution in [1.82, 2.24) is 4.90 Å². The quantitative estimate of drug-likeness (QED) is 0.581. The fourth-order valence-electron chi connectivity index (χ4n) is 1.37. The second-order valence-electron chi connectivity index (χ2n) is 4.50. The van der Waals surface area contributed by atoms with Crippen molar-refractivity contribution < 1.29 is 13.5 Å². The number of alkyl halides is 2. The van der Waals surface area contributed by atoms with Crippen molar-refractivity contribution in [2.24, 2.45) is 0 Å². The van der Waals surface area contributed by atoms with Crippen LogP contribution in [0.4, 0.5) is 8.78 Å². The lowest BCUT2D eigenvalue weighted by atomic mass is 10.1. The van der Waals surface area contributed by atoms with Gasteiger partial charge in [0.2, 0.25) is 0 Å². The van der Waals surface area contributed by atoms with Gasteiger partial charge in [0, 0.05) is 12.1 Å². The van der Waals surface area contributed by atoms with E-state index >= 15 is 0 Å². The van der Waals surface area contributed by atoms with Crippen LogP contribution in [0.2, 0.25) is 0 Å². The average Bonchev–Trinajstić information content (AvgIpc) is 2.08. The van der Waals surface area contributed by atoms with E-state index in [9.17, 15) is 8.78 Å². The maximum absolute atomic E-state index is 13.1. The van der Waals surface area contributed by atoms with E-state index < -0.39 is 12.5 Å². The first kappa shape index (κ1) is 10.9. The van der Waals surface area contributed by atoms with Gasteiger partial charge < -0.3 is 4.74 Å². The van der Waals surface area contributed by atoms with Gasteiger partial charge in [0.15, 0.2) is 0 Å². The summed E-state index contributed by atoms with van der Waals surface area (Å²) in [4.78, 5) is 1.76. The molecule has 0 amide bonds. The zero-order chi connectivity index (χ0) is 10.1. The van der Waals surface area contributed by atoms with Crippen LogP contribution in [0.5, 0.6) is 0 Å². The molecule has 0 aromatic rings. The number of rotatable bonds is 0. The van der Waals surface area contributed by atoms with E-state index in [1.807, 2.05) is 20.8 Å². The molecule has 0 spiro atoms. The lowest BCUT2D eigenvalue weighted by Gasteiger charge is -2.35. The molecule has 13 heavy (non-hydrogen) atoms. The SMILES string of the molecule is CC(C)(C)N1CCOCC(F)(F)C1. The molecule has 0 unspecified atom stereocenters. The van der Waals surface area contributed by atoms with Crippen LogP contribution in [0, 0.1) is 0 Å². The molecular weight excluding hydrogens is 176 g/mol. The average molecular weight is 193 g/mol. The first-order chi connectivity index (χ1) is 5.81. The summed E-state index contributed by atoms with van der Waals surface area (Å²) in [5, 5.41) is 0. The van der Waals surface area contributed by atoms with E-state index in [-0.39, 0.29) is 12.1 Å². The standard InChI is InChI=1S/C9H17F2NO/c1-8(2,3)12-4-5-13-7-9(10,11)6-12/h4-7H2,1-3H3. The first-order valence-corrected chi connectivity index (χ1v) is 4.52. The molecule has 1 fully saturated rings. The highest BCUT2D eigenvalue weighted by Crippen LogP contribution is 2.23. The van der Waals surface area contributed by atoms with E-state index in [0.29, 0.717) is 13.2 Å². The molecule has 0 N–H and O–H groups in total. The summed E-state index contributed by atoms with van der Waals surface area (Å²) in [5.41, 5.74) is -0.211. The Bertz CT molecular complexity index is 177. The van der Waals surface area contributed by atoms with Gasteiger partial charge >= 0.3 is 0 Å². The molecule has 1 aliphatic heterocycles. The summed E-state index contributed by atoms with van der Waals surface area (Å²) >= 11 is 0. The highest BCUT2D eigenvalue weighted by molar-refractivity contribution is 4.83. The molecule has 4 heteroatoms. The van der Waals surface area contributed by atoms with Crippen LogP contribution in [0.15, 0.2) is 0 Å². The van der Waals surface area contributed by atoms with Crippen molar-refractivity contribution in [1.29, 1.82) is 0 Å². The van der Waals surface area contributed by atoms with Gasteiger partial charge in [-0.05, 0) is 20.8 Å². The lowest BCUT2D eigenvalue weighted by Crippen LogP contribution is -2.47. The summed E-state index contributed by atoms with van der Waals surface area (Å²) in [6.45, 7) is 6.15. The summed E-state index contributed by atoms with van der Waals surface area (Å²) in [7, 11) is 0. The number of hydrogen-bond acceptors (Lipinski definition) is 2. The van der Waals surface area contributed by atoms with Crippen LogP contribution in [-0.2, 0) is 4.74 Å². The second-order valence-corrected chi connectivity index (χ2v) is 4.50. The number of nitrogens with zero attached hydrogens (tertiary/aromatic N) is 1. The minimum Gasteiger partial charge on any atom is -0.374 e. The van der Waals surface area contributed by atoms with Gasteiger partial charge in [-0.2, -0.15) is 0 Å².